The van der Waals surface area contributed by atoms with Gasteiger partial charge in [-0.3, -0.25) is 30.1 Å². The summed E-state index contributed by atoms with van der Waals surface area (Å²) in [4.78, 5) is 40.1. The summed E-state index contributed by atoms with van der Waals surface area (Å²) in [6.45, 7) is -0.411. The van der Waals surface area contributed by atoms with E-state index in [1.165, 1.54) is 33.1 Å². The molecule has 0 fully saturated rings. The maximum absolute atomic E-state index is 12.4. The number of rotatable bonds is 3. The van der Waals surface area contributed by atoms with Gasteiger partial charge >= 0.3 is 0 Å². The number of carbonyl (C=O) groups is 3. The number of ether oxygens (including phenoxy) is 1. The summed E-state index contributed by atoms with van der Waals surface area (Å²) in [5.41, 5.74) is 6.49. The second kappa shape index (κ2) is 8.42. The predicted molar refractivity (Wildman–Crippen MR) is 110 cm³/mol. The van der Waals surface area contributed by atoms with Crippen molar-refractivity contribution >= 4 is 46.3 Å². The summed E-state index contributed by atoms with van der Waals surface area (Å²) >= 11 is 7.48. The zero-order valence-corrected chi connectivity index (χ0v) is 17.2. The monoisotopic (exact) mass is 433 g/mol. The van der Waals surface area contributed by atoms with Crippen LogP contribution in [-0.4, -0.2) is 30.9 Å². The summed E-state index contributed by atoms with van der Waals surface area (Å²) in [6.07, 6.45) is 5.49. The number of thiophene rings is 1. The number of aryl methyl sites for hydroxylation is 2. The maximum Gasteiger partial charge on any atom is 0.279 e. The fraction of sp³-hybridized carbons (Fsp3) is 0.350. The zero-order chi connectivity index (χ0) is 20.4. The molecule has 0 atom stereocenters. The highest BCUT2D eigenvalue weighted by Gasteiger charge is 2.28. The van der Waals surface area contributed by atoms with Crippen LogP contribution in [0.4, 0.5) is 5.69 Å². The first kappa shape index (κ1) is 19.7. The second-order valence-electron chi connectivity index (χ2n) is 7.00. The van der Waals surface area contributed by atoms with Gasteiger partial charge in [-0.05, 0) is 55.5 Å². The van der Waals surface area contributed by atoms with E-state index in [9.17, 15) is 14.4 Å². The maximum atomic E-state index is 12.4. The molecule has 3 amide bonds. The summed E-state index contributed by atoms with van der Waals surface area (Å²) < 4.78 is 5.36. The molecule has 1 aromatic carbocycles. The third-order valence-corrected chi connectivity index (χ3v) is 6.42. The van der Waals surface area contributed by atoms with Crippen molar-refractivity contribution in [2.24, 2.45) is 0 Å². The van der Waals surface area contributed by atoms with Gasteiger partial charge in [0, 0.05) is 9.90 Å². The van der Waals surface area contributed by atoms with E-state index in [0.717, 1.165) is 25.7 Å². The fourth-order valence-corrected chi connectivity index (χ4v) is 4.81. The molecule has 9 heteroatoms. The Morgan fingerprint density at radius 3 is 2.83 bits per heavy atom. The van der Waals surface area contributed by atoms with E-state index < -0.39 is 5.91 Å². The molecule has 7 nitrogen and oxygen atoms in total. The van der Waals surface area contributed by atoms with Gasteiger partial charge in [0.05, 0.1) is 10.6 Å². The van der Waals surface area contributed by atoms with Crippen LogP contribution in [0.5, 0.6) is 5.75 Å². The van der Waals surface area contributed by atoms with Gasteiger partial charge < -0.3 is 4.74 Å². The number of carbonyl (C=O) groups excluding carboxylic acids is 3. The summed E-state index contributed by atoms with van der Waals surface area (Å²) in [6, 6.07) is 6.78. The van der Waals surface area contributed by atoms with Crippen molar-refractivity contribution < 1.29 is 19.1 Å². The normalized spacial score (nSPS) is 15.6. The SMILES string of the molecule is O=C(CN1C(=O)COc2ccc(Cl)cc21)NNC(=O)c1cc2c(s1)CCCCC2. The first-order valence-corrected chi connectivity index (χ1v) is 10.6. The van der Waals surface area contributed by atoms with Gasteiger partial charge in [0.2, 0.25) is 0 Å². The Kier molecular flexibility index (Phi) is 5.73. The average molecular weight is 434 g/mol. The van der Waals surface area contributed by atoms with Gasteiger partial charge in [-0.1, -0.05) is 18.0 Å². The molecule has 1 aromatic heterocycles. The van der Waals surface area contributed by atoms with Gasteiger partial charge in [-0.2, -0.15) is 0 Å². The molecule has 0 spiro atoms. The summed E-state index contributed by atoms with van der Waals surface area (Å²) in [5.74, 6) is -0.750. The van der Waals surface area contributed by atoms with Crippen molar-refractivity contribution in [1.82, 2.24) is 10.9 Å². The lowest BCUT2D eigenvalue weighted by Crippen LogP contribution is -2.49. The third kappa shape index (κ3) is 4.38. The van der Waals surface area contributed by atoms with E-state index in [0.29, 0.717) is 21.3 Å². The lowest BCUT2D eigenvalue weighted by Gasteiger charge is -2.28. The number of benzene rings is 1. The van der Waals surface area contributed by atoms with Crippen LogP contribution >= 0.6 is 22.9 Å². The molecule has 0 unspecified atom stereocenters. The quantitative estimate of drug-likeness (QED) is 0.575. The third-order valence-electron chi connectivity index (χ3n) is 4.95. The molecule has 1 aliphatic heterocycles. The molecule has 2 aromatic rings. The number of hydrazine groups is 1. The smallest absolute Gasteiger partial charge is 0.279 e. The summed E-state index contributed by atoms with van der Waals surface area (Å²) in [7, 11) is 0. The molecule has 29 heavy (non-hydrogen) atoms. The van der Waals surface area contributed by atoms with E-state index in [2.05, 4.69) is 10.9 Å². The standard InChI is InChI=1S/C20H20ClN3O4S/c21-13-6-7-15-14(9-13)24(19(26)11-28-15)10-18(25)22-23-20(27)17-8-12-4-2-1-3-5-16(12)29-17/h6-9H,1-5,10-11H2,(H,22,25)(H,23,27). The fourth-order valence-electron chi connectivity index (χ4n) is 3.50. The van der Waals surface area contributed by atoms with E-state index in [4.69, 9.17) is 16.3 Å². The largest absolute Gasteiger partial charge is 0.482 e. The number of amides is 3. The summed E-state index contributed by atoms with van der Waals surface area (Å²) in [5, 5.41) is 0.429. The highest BCUT2D eigenvalue weighted by Crippen LogP contribution is 2.34. The molecule has 2 N–H and O–H groups in total. The molecular formula is C20H20ClN3O4S. The number of anilines is 1. The number of hydrogen-bond donors (Lipinski definition) is 2. The molecule has 1 aliphatic carbocycles. The predicted octanol–water partition coefficient (Wildman–Crippen LogP) is 2.86. The Morgan fingerprint density at radius 1 is 1.14 bits per heavy atom. The molecule has 0 saturated carbocycles. The molecule has 152 valence electrons. The number of nitrogens with one attached hydrogen (secondary N) is 2. The highest BCUT2D eigenvalue weighted by atomic mass is 35.5. The zero-order valence-electron chi connectivity index (χ0n) is 15.6. The first-order valence-electron chi connectivity index (χ1n) is 9.45. The number of nitrogens with zero attached hydrogens (tertiary/aromatic N) is 1. The van der Waals surface area contributed by atoms with Gasteiger partial charge in [-0.15, -0.1) is 11.3 Å². The lowest BCUT2D eigenvalue weighted by atomic mass is 10.1. The molecule has 0 saturated heterocycles. The van der Waals surface area contributed by atoms with Crippen molar-refractivity contribution in [2.45, 2.75) is 32.1 Å². The van der Waals surface area contributed by atoms with Crippen molar-refractivity contribution in [1.29, 1.82) is 0 Å². The van der Waals surface area contributed by atoms with Crippen LogP contribution in [0.15, 0.2) is 24.3 Å². The second-order valence-corrected chi connectivity index (χ2v) is 8.58. The van der Waals surface area contributed by atoms with E-state index in [-0.39, 0.29) is 25.0 Å². The molecular weight excluding hydrogens is 414 g/mol. The van der Waals surface area contributed by atoms with E-state index in [1.54, 1.807) is 18.2 Å². The Bertz CT molecular complexity index is 951. The van der Waals surface area contributed by atoms with Gasteiger partial charge in [-0.25, -0.2) is 0 Å². The molecule has 2 heterocycles. The molecule has 0 radical (unpaired) electrons. The topological polar surface area (TPSA) is 87.7 Å². The Morgan fingerprint density at radius 2 is 1.97 bits per heavy atom. The van der Waals surface area contributed by atoms with Crippen molar-refractivity contribution in [2.75, 3.05) is 18.1 Å². The Hall–Kier alpha value is -2.58. The van der Waals surface area contributed by atoms with E-state index >= 15 is 0 Å². The van der Waals surface area contributed by atoms with Crippen molar-refractivity contribution in [3.05, 3.63) is 44.6 Å². The van der Waals surface area contributed by atoms with Crippen LogP contribution in [0.2, 0.25) is 5.02 Å². The van der Waals surface area contributed by atoms with Crippen LogP contribution in [-0.2, 0) is 22.4 Å². The van der Waals surface area contributed by atoms with Crippen molar-refractivity contribution in [3.8, 4) is 5.75 Å². The Balaban J connectivity index is 1.37. The first-order chi connectivity index (χ1) is 14.0. The number of fused-ring (bicyclic) bond motifs is 2. The van der Waals surface area contributed by atoms with Gasteiger partial charge in [0.1, 0.15) is 12.3 Å². The minimum atomic E-state index is -0.516. The molecule has 2 aliphatic rings. The van der Waals surface area contributed by atoms with Crippen LogP contribution in [0.1, 0.15) is 39.4 Å². The van der Waals surface area contributed by atoms with E-state index in [1.807, 2.05) is 6.07 Å². The van der Waals surface area contributed by atoms with Crippen LogP contribution in [0, 0.1) is 0 Å². The average Bonchev–Trinajstić information content (AvgIpc) is 2.99. The van der Waals surface area contributed by atoms with Crippen molar-refractivity contribution in [3.63, 3.8) is 0 Å². The highest BCUT2D eigenvalue weighted by molar-refractivity contribution is 7.14. The lowest BCUT2D eigenvalue weighted by molar-refractivity contribution is -0.125. The minimum absolute atomic E-state index is 0.158. The van der Waals surface area contributed by atoms with Crippen LogP contribution < -0.4 is 20.5 Å². The molecule has 0 bridgehead atoms. The van der Waals surface area contributed by atoms with Gasteiger partial charge in [0.15, 0.2) is 6.61 Å². The molecule has 4 rings (SSSR count). The number of halogens is 1. The Labute approximate surface area is 176 Å². The minimum Gasteiger partial charge on any atom is -0.482 e. The van der Waals surface area contributed by atoms with Gasteiger partial charge in [0.25, 0.3) is 17.7 Å². The van der Waals surface area contributed by atoms with Crippen LogP contribution in [0.25, 0.3) is 0 Å². The number of hydrogen-bond acceptors (Lipinski definition) is 5. The van der Waals surface area contributed by atoms with Crippen LogP contribution in [0.3, 0.4) is 0 Å².